The molecule has 0 aromatic heterocycles. The van der Waals surface area contributed by atoms with Crippen molar-refractivity contribution in [1.82, 2.24) is 0 Å². The quantitative estimate of drug-likeness (QED) is 0.449. The van der Waals surface area contributed by atoms with Crippen LogP contribution in [0.3, 0.4) is 0 Å². The third-order valence-electron chi connectivity index (χ3n) is 2.24. The average Bonchev–Trinajstić information content (AvgIpc) is 2.34. The van der Waals surface area contributed by atoms with Gasteiger partial charge in [0.2, 0.25) is 0 Å². The molecule has 0 radical (unpaired) electrons. The predicted octanol–water partition coefficient (Wildman–Crippen LogP) is 2.68. The van der Waals surface area contributed by atoms with Crippen molar-refractivity contribution in [3.63, 3.8) is 0 Å². The van der Waals surface area contributed by atoms with Crippen molar-refractivity contribution >= 4 is 11.7 Å². The molecule has 0 aliphatic heterocycles. The highest BCUT2D eigenvalue weighted by atomic mass is 16.6. The van der Waals surface area contributed by atoms with Gasteiger partial charge in [-0.05, 0) is 6.42 Å². The van der Waals surface area contributed by atoms with Gasteiger partial charge in [-0.25, -0.2) is 4.79 Å². The molecule has 1 rings (SSSR count). The number of unbranched alkanes of at least 4 members (excludes halogenated alkanes) is 2. The Morgan fingerprint density at radius 3 is 2.59 bits per heavy atom. The van der Waals surface area contributed by atoms with Crippen LogP contribution in [0.1, 0.15) is 31.7 Å². The lowest BCUT2D eigenvalue weighted by Crippen LogP contribution is -2.15. The Balaban J connectivity index is 2.61. The fourth-order valence-electron chi connectivity index (χ4n) is 1.34. The van der Waals surface area contributed by atoms with E-state index < -0.39 is 5.97 Å². The highest BCUT2D eigenvalue weighted by Crippen LogP contribution is 2.03. The van der Waals surface area contributed by atoms with E-state index in [0.717, 1.165) is 19.3 Å². The fourth-order valence-corrected chi connectivity index (χ4v) is 1.34. The van der Waals surface area contributed by atoms with Crippen LogP contribution in [0.2, 0.25) is 0 Å². The zero-order valence-electron chi connectivity index (χ0n) is 9.93. The zero-order valence-corrected chi connectivity index (χ0v) is 9.93. The molecular formula is C13H17NO3. The number of oxime groups is 1. The second-order valence-corrected chi connectivity index (χ2v) is 3.65. The number of carboxylic acids is 1. The molecule has 0 saturated heterocycles. The zero-order chi connectivity index (χ0) is 12.5. The van der Waals surface area contributed by atoms with Crippen molar-refractivity contribution < 1.29 is 14.7 Å². The molecule has 0 aliphatic rings. The minimum Gasteiger partial charge on any atom is -0.476 e. The smallest absolute Gasteiger partial charge is 0.358 e. The molecule has 0 spiro atoms. The summed E-state index contributed by atoms with van der Waals surface area (Å²) in [6.07, 6.45) is 3.04. The molecule has 0 atom stereocenters. The molecule has 1 aromatic rings. The fraction of sp³-hybridized carbons (Fsp3) is 0.385. The Kier molecular flexibility index (Phi) is 5.79. The second kappa shape index (κ2) is 7.44. The first kappa shape index (κ1) is 13.2. The van der Waals surface area contributed by atoms with Gasteiger partial charge >= 0.3 is 5.97 Å². The normalized spacial score (nSPS) is 11.2. The molecule has 0 saturated carbocycles. The van der Waals surface area contributed by atoms with Crippen LogP contribution < -0.4 is 0 Å². The number of carboxylic acid groups (broad SMARTS) is 1. The lowest BCUT2D eigenvalue weighted by atomic mass is 10.1. The van der Waals surface area contributed by atoms with Crippen LogP contribution in [0.15, 0.2) is 35.5 Å². The summed E-state index contributed by atoms with van der Waals surface area (Å²) in [6.45, 7) is 2.55. The van der Waals surface area contributed by atoms with Crippen LogP contribution in [0.5, 0.6) is 0 Å². The van der Waals surface area contributed by atoms with Crippen molar-refractivity contribution in [1.29, 1.82) is 0 Å². The first-order chi connectivity index (χ1) is 8.25. The van der Waals surface area contributed by atoms with E-state index in [9.17, 15) is 4.79 Å². The van der Waals surface area contributed by atoms with Crippen molar-refractivity contribution in [2.75, 3.05) is 6.61 Å². The molecule has 17 heavy (non-hydrogen) atoms. The summed E-state index contributed by atoms with van der Waals surface area (Å²) >= 11 is 0. The number of carbonyl (C=O) groups is 1. The molecule has 4 nitrogen and oxygen atoms in total. The summed E-state index contributed by atoms with van der Waals surface area (Å²) in [6, 6.07) is 8.76. The van der Waals surface area contributed by atoms with Crippen molar-refractivity contribution in [2.24, 2.45) is 5.16 Å². The van der Waals surface area contributed by atoms with Crippen molar-refractivity contribution in [3.8, 4) is 0 Å². The van der Waals surface area contributed by atoms with Gasteiger partial charge in [-0.2, -0.15) is 0 Å². The Labute approximate surface area is 101 Å². The summed E-state index contributed by atoms with van der Waals surface area (Å²) in [5, 5.41) is 12.7. The Hall–Kier alpha value is -1.84. The molecule has 1 aromatic carbocycles. The molecule has 1 N–H and O–H groups in total. The molecule has 0 heterocycles. The molecule has 0 bridgehead atoms. The number of hydrogen-bond acceptors (Lipinski definition) is 3. The van der Waals surface area contributed by atoms with Gasteiger partial charge in [0.15, 0.2) is 5.71 Å². The number of nitrogens with zero attached hydrogens (tertiary/aromatic N) is 1. The van der Waals surface area contributed by atoms with E-state index in [4.69, 9.17) is 9.94 Å². The summed E-state index contributed by atoms with van der Waals surface area (Å²) in [5.74, 6) is -1.08. The Morgan fingerprint density at radius 2 is 2.00 bits per heavy atom. The second-order valence-electron chi connectivity index (χ2n) is 3.65. The molecule has 0 aliphatic carbocycles. The van der Waals surface area contributed by atoms with E-state index in [0.29, 0.717) is 12.2 Å². The van der Waals surface area contributed by atoms with E-state index in [1.165, 1.54) is 0 Å². The summed E-state index contributed by atoms with van der Waals surface area (Å²) < 4.78 is 0. The standard InChI is InChI=1S/C13H17NO3/c1-2-3-7-10-17-14-12(13(15)16)11-8-5-4-6-9-11/h4-6,8-9H,2-3,7,10H2,1H3,(H,15,16)/b14-12-. The van der Waals surface area contributed by atoms with Crippen molar-refractivity contribution in [3.05, 3.63) is 35.9 Å². The number of benzene rings is 1. The topological polar surface area (TPSA) is 58.9 Å². The van der Waals surface area contributed by atoms with E-state index in [1.54, 1.807) is 24.3 Å². The first-order valence-corrected chi connectivity index (χ1v) is 5.74. The maximum Gasteiger partial charge on any atom is 0.358 e. The predicted molar refractivity (Wildman–Crippen MR) is 66.1 cm³/mol. The largest absolute Gasteiger partial charge is 0.476 e. The molecule has 0 amide bonds. The number of rotatable bonds is 7. The number of aliphatic carboxylic acids is 1. The molecular weight excluding hydrogens is 218 g/mol. The van der Waals surface area contributed by atoms with Crippen LogP contribution in [0.25, 0.3) is 0 Å². The van der Waals surface area contributed by atoms with Crippen LogP contribution in [-0.2, 0) is 9.63 Å². The van der Waals surface area contributed by atoms with Gasteiger partial charge in [0.05, 0.1) is 0 Å². The van der Waals surface area contributed by atoms with Gasteiger partial charge in [0.25, 0.3) is 0 Å². The van der Waals surface area contributed by atoms with Gasteiger partial charge in [-0.15, -0.1) is 0 Å². The third-order valence-corrected chi connectivity index (χ3v) is 2.24. The summed E-state index contributed by atoms with van der Waals surface area (Å²) in [5.41, 5.74) is 0.498. The van der Waals surface area contributed by atoms with E-state index in [2.05, 4.69) is 12.1 Å². The third kappa shape index (κ3) is 4.68. The van der Waals surface area contributed by atoms with Crippen molar-refractivity contribution in [2.45, 2.75) is 26.2 Å². The van der Waals surface area contributed by atoms with Crippen LogP contribution >= 0.6 is 0 Å². The van der Waals surface area contributed by atoms with Gasteiger partial charge in [0.1, 0.15) is 6.61 Å². The minimum absolute atomic E-state index is 0.0536. The van der Waals surface area contributed by atoms with Crippen LogP contribution in [-0.4, -0.2) is 23.4 Å². The van der Waals surface area contributed by atoms with E-state index in [1.807, 2.05) is 6.07 Å². The lowest BCUT2D eigenvalue weighted by molar-refractivity contribution is -0.129. The number of hydrogen-bond donors (Lipinski definition) is 1. The van der Waals surface area contributed by atoms with Gasteiger partial charge in [-0.3, -0.25) is 0 Å². The van der Waals surface area contributed by atoms with E-state index in [-0.39, 0.29) is 5.71 Å². The Bertz CT molecular complexity index is 374. The molecule has 0 fully saturated rings. The average molecular weight is 235 g/mol. The molecule has 92 valence electrons. The van der Waals surface area contributed by atoms with Gasteiger partial charge in [0, 0.05) is 5.56 Å². The minimum atomic E-state index is -1.08. The van der Waals surface area contributed by atoms with Gasteiger partial charge < -0.3 is 9.94 Å². The molecule has 0 unspecified atom stereocenters. The maximum atomic E-state index is 11.0. The van der Waals surface area contributed by atoms with Crippen LogP contribution in [0.4, 0.5) is 0 Å². The highest BCUT2D eigenvalue weighted by Gasteiger charge is 2.12. The molecule has 4 heteroatoms. The van der Waals surface area contributed by atoms with Crippen LogP contribution in [0, 0.1) is 0 Å². The SMILES string of the molecule is CCCCCO/N=C(\C(=O)O)c1ccccc1. The van der Waals surface area contributed by atoms with Gasteiger partial charge in [-0.1, -0.05) is 55.3 Å². The maximum absolute atomic E-state index is 11.0. The monoisotopic (exact) mass is 235 g/mol. The summed E-state index contributed by atoms with van der Waals surface area (Å²) in [7, 11) is 0. The first-order valence-electron chi connectivity index (χ1n) is 5.74. The Morgan fingerprint density at radius 1 is 1.29 bits per heavy atom. The highest BCUT2D eigenvalue weighted by molar-refractivity contribution is 6.42. The van der Waals surface area contributed by atoms with E-state index >= 15 is 0 Å². The summed E-state index contributed by atoms with van der Waals surface area (Å²) in [4.78, 5) is 16.0. The lowest BCUT2D eigenvalue weighted by Gasteiger charge is -2.02.